The van der Waals surface area contributed by atoms with Crippen molar-refractivity contribution in [3.63, 3.8) is 0 Å². The molecule has 0 saturated carbocycles. The van der Waals surface area contributed by atoms with E-state index < -0.39 is 24.6 Å². The Morgan fingerprint density at radius 3 is 2.55 bits per heavy atom. The maximum Gasteiger partial charge on any atom is 0.401 e. The Morgan fingerprint density at radius 2 is 1.95 bits per heavy atom. The lowest BCUT2D eigenvalue weighted by molar-refractivity contribution is -0.146. The molecule has 1 aromatic rings. The number of rotatable bonds is 7. The van der Waals surface area contributed by atoms with Crippen molar-refractivity contribution in [2.24, 2.45) is 0 Å². The van der Waals surface area contributed by atoms with Gasteiger partial charge in [-0.1, -0.05) is 18.2 Å². The first-order chi connectivity index (χ1) is 9.28. The van der Waals surface area contributed by atoms with Crippen LogP contribution in [0.3, 0.4) is 0 Å². The number of benzene rings is 1. The largest absolute Gasteiger partial charge is 0.401 e. The molecule has 0 aliphatic rings. The maximum absolute atomic E-state index is 13.2. The van der Waals surface area contributed by atoms with Crippen LogP contribution in [0.25, 0.3) is 0 Å². The Kier molecular flexibility index (Phi) is 6.38. The zero-order valence-corrected chi connectivity index (χ0v) is 11.0. The smallest absolute Gasteiger partial charge is 0.389 e. The average molecular weight is 295 g/mol. The number of ether oxygens (including phenoxy) is 1. The van der Waals surface area contributed by atoms with Crippen LogP contribution in [0.4, 0.5) is 17.6 Å². The third-order valence-electron chi connectivity index (χ3n) is 2.50. The summed E-state index contributed by atoms with van der Waals surface area (Å²) >= 11 is 0. The molecule has 7 heteroatoms. The summed E-state index contributed by atoms with van der Waals surface area (Å²) < 4.78 is 54.6. The Hall–Kier alpha value is -1.18. The molecule has 0 aromatic heterocycles. The third-order valence-corrected chi connectivity index (χ3v) is 2.50. The van der Waals surface area contributed by atoms with E-state index >= 15 is 0 Å². The number of hydrogen-bond donors (Lipinski definition) is 1. The van der Waals surface area contributed by atoms with Gasteiger partial charge in [-0.25, -0.2) is 4.39 Å². The lowest BCUT2D eigenvalue weighted by Gasteiger charge is -2.21. The van der Waals surface area contributed by atoms with E-state index in [-0.39, 0.29) is 19.8 Å². The average Bonchev–Trinajstić information content (AvgIpc) is 2.28. The molecule has 0 amide bonds. The summed E-state index contributed by atoms with van der Waals surface area (Å²) in [6, 6.07) is 6.01. The molecule has 0 heterocycles. The zero-order chi connectivity index (χ0) is 15.2. The number of alkyl halides is 3. The van der Waals surface area contributed by atoms with Crippen molar-refractivity contribution in [3.8, 4) is 0 Å². The highest BCUT2D eigenvalue weighted by Gasteiger charge is 2.29. The van der Waals surface area contributed by atoms with E-state index in [9.17, 15) is 22.7 Å². The molecule has 3 nitrogen and oxygen atoms in total. The Morgan fingerprint density at radius 1 is 1.30 bits per heavy atom. The van der Waals surface area contributed by atoms with E-state index in [0.717, 1.165) is 4.90 Å². The summed E-state index contributed by atoms with van der Waals surface area (Å²) in [5.41, 5.74) is 0.336. The van der Waals surface area contributed by atoms with Crippen molar-refractivity contribution in [2.75, 3.05) is 26.7 Å². The van der Waals surface area contributed by atoms with Crippen molar-refractivity contribution in [1.82, 2.24) is 4.90 Å². The minimum atomic E-state index is -4.30. The fraction of sp³-hybridized carbons (Fsp3) is 0.538. The number of likely N-dealkylation sites (N-methyl/N-ethyl adjacent to an activating group) is 1. The molecular formula is C13H17F4NO2. The second-order valence-corrected chi connectivity index (χ2v) is 4.57. The normalized spacial score (nSPS) is 13.8. The summed E-state index contributed by atoms with van der Waals surface area (Å²) in [6.45, 7) is -1.46. The monoisotopic (exact) mass is 295 g/mol. The van der Waals surface area contributed by atoms with Gasteiger partial charge in [-0.05, 0) is 13.1 Å². The van der Waals surface area contributed by atoms with Crippen LogP contribution < -0.4 is 0 Å². The maximum atomic E-state index is 13.2. The topological polar surface area (TPSA) is 32.7 Å². The van der Waals surface area contributed by atoms with E-state index in [0.29, 0.717) is 5.56 Å². The molecule has 1 unspecified atom stereocenters. The quantitative estimate of drug-likeness (QED) is 0.783. The molecule has 0 fully saturated rings. The van der Waals surface area contributed by atoms with E-state index in [4.69, 9.17) is 4.74 Å². The number of halogens is 4. The molecule has 114 valence electrons. The zero-order valence-electron chi connectivity index (χ0n) is 11.0. The Balaban J connectivity index is 2.27. The SMILES string of the molecule is CN(CC(O)COCc1ccccc1F)CC(F)(F)F. The summed E-state index contributed by atoms with van der Waals surface area (Å²) in [7, 11) is 1.26. The molecule has 0 spiro atoms. The Bertz CT molecular complexity index is 412. The highest BCUT2D eigenvalue weighted by atomic mass is 19.4. The van der Waals surface area contributed by atoms with Gasteiger partial charge in [0.15, 0.2) is 0 Å². The highest BCUT2D eigenvalue weighted by Crippen LogP contribution is 2.15. The van der Waals surface area contributed by atoms with Crippen molar-refractivity contribution in [2.45, 2.75) is 18.9 Å². The summed E-state index contributed by atoms with van der Waals surface area (Å²) in [4.78, 5) is 0.955. The van der Waals surface area contributed by atoms with E-state index in [1.54, 1.807) is 12.1 Å². The van der Waals surface area contributed by atoms with E-state index in [1.165, 1.54) is 19.2 Å². The number of aliphatic hydroxyl groups is 1. The van der Waals surface area contributed by atoms with Crippen LogP contribution in [0.1, 0.15) is 5.56 Å². The summed E-state index contributed by atoms with van der Waals surface area (Å²) in [6.07, 6.45) is -5.36. The van der Waals surface area contributed by atoms with Gasteiger partial charge in [-0.2, -0.15) is 13.2 Å². The van der Waals surface area contributed by atoms with Gasteiger partial charge in [0, 0.05) is 12.1 Å². The standard InChI is InChI=1S/C13H17F4NO2/c1-18(9-13(15,16)17)6-11(19)8-20-7-10-4-2-3-5-12(10)14/h2-5,11,19H,6-9H2,1H3. The van der Waals surface area contributed by atoms with Crippen LogP contribution in [-0.2, 0) is 11.3 Å². The Labute approximate surface area is 114 Å². The van der Waals surface area contributed by atoms with Crippen molar-refractivity contribution < 1.29 is 27.4 Å². The molecule has 0 aliphatic heterocycles. The number of aliphatic hydroxyl groups excluding tert-OH is 1. The molecule has 1 aromatic carbocycles. The van der Waals surface area contributed by atoms with Gasteiger partial charge >= 0.3 is 6.18 Å². The highest BCUT2D eigenvalue weighted by molar-refractivity contribution is 5.16. The summed E-state index contributed by atoms with van der Waals surface area (Å²) in [5, 5.41) is 9.54. The molecule has 0 saturated heterocycles. The minimum Gasteiger partial charge on any atom is -0.389 e. The van der Waals surface area contributed by atoms with Gasteiger partial charge < -0.3 is 9.84 Å². The van der Waals surface area contributed by atoms with Gasteiger partial charge in [0.25, 0.3) is 0 Å². The molecule has 1 N–H and O–H groups in total. The van der Waals surface area contributed by atoms with Gasteiger partial charge in [-0.3, -0.25) is 4.90 Å². The van der Waals surface area contributed by atoms with Gasteiger partial charge in [0.1, 0.15) is 5.82 Å². The number of hydrogen-bond acceptors (Lipinski definition) is 3. The molecule has 0 bridgehead atoms. The molecule has 0 radical (unpaired) electrons. The van der Waals surface area contributed by atoms with E-state index in [2.05, 4.69) is 0 Å². The molecule has 0 aliphatic carbocycles. The van der Waals surface area contributed by atoms with Crippen LogP contribution in [0, 0.1) is 5.82 Å². The van der Waals surface area contributed by atoms with Crippen molar-refractivity contribution >= 4 is 0 Å². The minimum absolute atomic E-state index is 0.0350. The fourth-order valence-corrected chi connectivity index (χ4v) is 1.70. The fourth-order valence-electron chi connectivity index (χ4n) is 1.70. The predicted octanol–water partition coefficient (Wildman–Crippen LogP) is 2.20. The van der Waals surface area contributed by atoms with Gasteiger partial charge in [0.2, 0.25) is 0 Å². The molecule has 1 atom stereocenters. The first kappa shape index (κ1) is 16.9. The van der Waals surface area contributed by atoms with Crippen LogP contribution in [-0.4, -0.2) is 49.0 Å². The second kappa shape index (κ2) is 7.56. The van der Waals surface area contributed by atoms with Crippen LogP contribution in [0.5, 0.6) is 0 Å². The van der Waals surface area contributed by atoms with Crippen LogP contribution >= 0.6 is 0 Å². The van der Waals surface area contributed by atoms with Gasteiger partial charge in [0.05, 0.1) is 25.9 Å². The summed E-state index contributed by atoms with van der Waals surface area (Å²) in [5.74, 6) is -0.420. The molecular weight excluding hydrogens is 278 g/mol. The molecule has 1 rings (SSSR count). The molecule has 20 heavy (non-hydrogen) atoms. The lowest BCUT2D eigenvalue weighted by Crippen LogP contribution is -2.38. The second-order valence-electron chi connectivity index (χ2n) is 4.57. The lowest BCUT2D eigenvalue weighted by atomic mass is 10.2. The third kappa shape index (κ3) is 6.83. The van der Waals surface area contributed by atoms with Crippen molar-refractivity contribution in [1.29, 1.82) is 0 Å². The first-order valence-corrected chi connectivity index (χ1v) is 6.02. The first-order valence-electron chi connectivity index (χ1n) is 6.02. The van der Waals surface area contributed by atoms with Gasteiger partial charge in [-0.15, -0.1) is 0 Å². The van der Waals surface area contributed by atoms with Crippen LogP contribution in [0.15, 0.2) is 24.3 Å². The predicted molar refractivity (Wildman–Crippen MR) is 65.6 cm³/mol. The van der Waals surface area contributed by atoms with Crippen molar-refractivity contribution in [3.05, 3.63) is 35.6 Å². The van der Waals surface area contributed by atoms with E-state index in [1.807, 2.05) is 0 Å². The number of nitrogens with zero attached hydrogens (tertiary/aromatic N) is 1. The van der Waals surface area contributed by atoms with Crippen LogP contribution in [0.2, 0.25) is 0 Å².